The molecule has 0 bridgehead atoms. The van der Waals surface area contributed by atoms with E-state index in [9.17, 15) is 4.79 Å². The van der Waals surface area contributed by atoms with Gasteiger partial charge < -0.3 is 20.5 Å². The molecule has 3 N–H and O–H groups in total. The van der Waals surface area contributed by atoms with Gasteiger partial charge in [0, 0.05) is 6.54 Å². The molecule has 1 aromatic rings. The summed E-state index contributed by atoms with van der Waals surface area (Å²) >= 11 is 0. The summed E-state index contributed by atoms with van der Waals surface area (Å²) in [6.07, 6.45) is 0.312. The summed E-state index contributed by atoms with van der Waals surface area (Å²) in [5.41, 5.74) is 7.27. The normalized spacial score (nSPS) is 9.89. The van der Waals surface area contributed by atoms with Gasteiger partial charge in [-0.05, 0) is 26.0 Å². The lowest BCUT2D eigenvalue weighted by Gasteiger charge is -2.12. The van der Waals surface area contributed by atoms with Crippen LogP contribution in [-0.4, -0.2) is 25.7 Å². The molecule has 100 valence electrons. The maximum Gasteiger partial charge on any atom is 0.307 e. The summed E-state index contributed by atoms with van der Waals surface area (Å²) in [7, 11) is 0. The van der Waals surface area contributed by atoms with Crippen molar-refractivity contribution in [2.75, 3.05) is 30.8 Å². The fourth-order valence-corrected chi connectivity index (χ4v) is 1.51. The minimum atomic E-state index is -0.218. The van der Waals surface area contributed by atoms with Crippen LogP contribution in [0.15, 0.2) is 18.2 Å². The lowest BCUT2D eigenvalue weighted by atomic mass is 10.2. The minimum absolute atomic E-state index is 0.218. The quantitative estimate of drug-likeness (QED) is 0.574. The van der Waals surface area contributed by atoms with E-state index < -0.39 is 0 Å². The topological polar surface area (TPSA) is 73.6 Å². The van der Waals surface area contributed by atoms with E-state index in [1.807, 2.05) is 25.1 Å². The van der Waals surface area contributed by atoms with Crippen LogP contribution in [0.2, 0.25) is 0 Å². The third-order valence-electron chi connectivity index (χ3n) is 2.32. The van der Waals surface area contributed by atoms with Gasteiger partial charge in [0.25, 0.3) is 0 Å². The SMILES string of the molecule is CCOC(=O)CCNc1cccc(OCC)c1N. The first-order chi connectivity index (χ1) is 8.69. The molecule has 1 rings (SSSR count). The maximum atomic E-state index is 11.2. The van der Waals surface area contributed by atoms with Crippen LogP contribution in [0.3, 0.4) is 0 Å². The Kier molecular flexibility index (Phi) is 5.84. The summed E-state index contributed by atoms with van der Waals surface area (Å²) in [5, 5.41) is 3.10. The Labute approximate surface area is 107 Å². The van der Waals surface area contributed by atoms with Crippen molar-refractivity contribution in [3.63, 3.8) is 0 Å². The number of carbonyl (C=O) groups is 1. The van der Waals surface area contributed by atoms with Crippen molar-refractivity contribution in [2.45, 2.75) is 20.3 Å². The number of esters is 1. The zero-order valence-electron chi connectivity index (χ0n) is 10.9. The van der Waals surface area contributed by atoms with E-state index in [4.69, 9.17) is 15.2 Å². The van der Waals surface area contributed by atoms with Crippen molar-refractivity contribution in [2.24, 2.45) is 0 Å². The van der Waals surface area contributed by atoms with Crippen LogP contribution >= 0.6 is 0 Å². The van der Waals surface area contributed by atoms with Crippen molar-refractivity contribution in [1.82, 2.24) is 0 Å². The molecular weight excluding hydrogens is 232 g/mol. The van der Waals surface area contributed by atoms with E-state index in [1.54, 1.807) is 6.92 Å². The molecule has 1 aromatic carbocycles. The summed E-state index contributed by atoms with van der Waals surface area (Å²) in [5.74, 6) is 0.433. The highest BCUT2D eigenvalue weighted by Crippen LogP contribution is 2.29. The fourth-order valence-electron chi connectivity index (χ4n) is 1.51. The standard InChI is InChI=1S/C13H20N2O3/c1-3-17-11-7-5-6-10(13(11)14)15-9-8-12(16)18-4-2/h5-7,15H,3-4,8-9,14H2,1-2H3. The summed E-state index contributed by atoms with van der Waals surface area (Å²) in [4.78, 5) is 11.2. The number of hydrogen-bond acceptors (Lipinski definition) is 5. The van der Waals surface area contributed by atoms with E-state index >= 15 is 0 Å². The molecule has 0 saturated heterocycles. The molecule has 0 amide bonds. The van der Waals surface area contributed by atoms with Crippen LogP contribution in [0.5, 0.6) is 5.75 Å². The second-order valence-corrected chi connectivity index (χ2v) is 3.63. The summed E-state index contributed by atoms with van der Waals surface area (Å²) < 4.78 is 10.2. The van der Waals surface area contributed by atoms with E-state index in [0.29, 0.717) is 37.6 Å². The van der Waals surface area contributed by atoms with Crippen LogP contribution in [0.4, 0.5) is 11.4 Å². The Bertz CT molecular complexity index is 394. The molecule has 5 nitrogen and oxygen atoms in total. The molecule has 0 heterocycles. The van der Waals surface area contributed by atoms with Gasteiger partial charge in [0.15, 0.2) is 0 Å². The number of para-hydroxylation sites is 1. The molecule has 0 aliphatic rings. The number of benzene rings is 1. The van der Waals surface area contributed by atoms with Gasteiger partial charge in [0.05, 0.1) is 31.0 Å². The van der Waals surface area contributed by atoms with Crippen molar-refractivity contribution in [1.29, 1.82) is 0 Å². The molecule has 0 aliphatic carbocycles. The predicted octanol–water partition coefficient (Wildman–Crippen LogP) is 2.03. The molecular formula is C13H20N2O3. The van der Waals surface area contributed by atoms with Gasteiger partial charge in [0.2, 0.25) is 0 Å². The number of nitrogens with one attached hydrogen (secondary N) is 1. The molecule has 0 spiro atoms. The molecule has 0 aromatic heterocycles. The van der Waals surface area contributed by atoms with E-state index in [-0.39, 0.29) is 5.97 Å². The number of hydrogen-bond donors (Lipinski definition) is 2. The van der Waals surface area contributed by atoms with Crippen LogP contribution in [-0.2, 0) is 9.53 Å². The molecule has 0 unspecified atom stereocenters. The number of nitrogen functional groups attached to an aromatic ring is 1. The third-order valence-corrected chi connectivity index (χ3v) is 2.32. The number of nitrogens with two attached hydrogens (primary N) is 1. The first kappa shape index (κ1) is 14.2. The van der Waals surface area contributed by atoms with Gasteiger partial charge in [-0.1, -0.05) is 6.07 Å². The Balaban J connectivity index is 2.52. The van der Waals surface area contributed by atoms with Crippen molar-refractivity contribution >= 4 is 17.3 Å². The monoisotopic (exact) mass is 252 g/mol. The molecule has 0 atom stereocenters. The van der Waals surface area contributed by atoms with E-state index in [2.05, 4.69) is 5.32 Å². The summed E-state index contributed by atoms with van der Waals surface area (Å²) in [6, 6.07) is 5.52. The zero-order chi connectivity index (χ0) is 13.4. The Morgan fingerprint density at radius 1 is 1.33 bits per heavy atom. The molecule has 5 heteroatoms. The van der Waals surface area contributed by atoms with Gasteiger partial charge in [-0.25, -0.2) is 0 Å². The number of carbonyl (C=O) groups excluding carboxylic acids is 1. The number of rotatable bonds is 7. The molecule has 0 saturated carbocycles. The minimum Gasteiger partial charge on any atom is -0.492 e. The average molecular weight is 252 g/mol. The highest BCUT2D eigenvalue weighted by Gasteiger charge is 2.06. The summed E-state index contributed by atoms with van der Waals surface area (Å²) in [6.45, 7) is 5.14. The Morgan fingerprint density at radius 3 is 2.78 bits per heavy atom. The highest BCUT2D eigenvalue weighted by atomic mass is 16.5. The van der Waals surface area contributed by atoms with Gasteiger partial charge in [0.1, 0.15) is 5.75 Å². The number of anilines is 2. The van der Waals surface area contributed by atoms with Gasteiger partial charge >= 0.3 is 5.97 Å². The van der Waals surface area contributed by atoms with Crippen LogP contribution < -0.4 is 15.8 Å². The van der Waals surface area contributed by atoms with Crippen LogP contribution in [0, 0.1) is 0 Å². The second-order valence-electron chi connectivity index (χ2n) is 3.63. The first-order valence-corrected chi connectivity index (χ1v) is 6.09. The largest absolute Gasteiger partial charge is 0.492 e. The second kappa shape index (κ2) is 7.42. The zero-order valence-corrected chi connectivity index (χ0v) is 10.9. The molecule has 0 fully saturated rings. The fraction of sp³-hybridized carbons (Fsp3) is 0.462. The number of ether oxygens (including phenoxy) is 2. The van der Waals surface area contributed by atoms with Gasteiger partial charge in [-0.3, -0.25) is 4.79 Å². The van der Waals surface area contributed by atoms with Gasteiger partial charge in [-0.2, -0.15) is 0 Å². The smallest absolute Gasteiger partial charge is 0.307 e. The van der Waals surface area contributed by atoms with E-state index in [1.165, 1.54) is 0 Å². The first-order valence-electron chi connectivity index (χ1n) is 6.09. The lowest BCUT2D eigenvalue weighted by Crippen LogP contribution is -2.12. The molecule has 18 heavy (non-hydrogen) atoms. The highest BCUT2D eigenvalue weighted by molar-refractivity contribution is 5.74. The maximum absolute atomic E-state index is 11.2. The van der Waals surface area contributed by atoms with E-state index in [0.717, 1.165) is 5.69 Å². The molecule has 0 radical (unpaired) electrons. The van der Waals surface area contributed by atoms with Crippen LogP contribution in [0.1, 0.15) is 20.3 Å². The van der Waals surface area contributed by atoms with Gasteiger partial charge in [-0.15, -0.1) is 0 Å². The van der Waals surface area contributed by atoms with Crippen LogP contribution in [0.25, 0.3) is 0 Å². The molecule has 0 aliphatic heterocycles. The Morgan fingerprint density at radius 2 is 2.11 bits per heavy atom. The van der Waals surface area contributed by atoms with Crippen molar-refractivity contribution in [3.05, 3.63) is 18.2 Å². The third kappa shape index (κ3) is 4.16. The predicted molar refractivity (Wildman–Crippen MR) is 71.8 cm³/mol. The van der Waals surface area contributed by atoms with Crippen molar-refractivity contribution < 1.29 is 14.3 Å². The van der Waals surface area contributed by atoms with Crippen molar-refractivity contribution in [3.8, 4) is 5.75 Å². The lowest BCUT2D eigenvalue weighted by molar-refractivity contribution is -0.142. The average Bonchev–Trinajstić information content (AvgIpc) is 2.34. The Hall–Kier alpha value is -1.91.